The van der Waals surface area contributed by atoms with Gasteiger partial charge >= 0.3 is 0 Å². The van der Waals surface area contributed by atoms with Gasteiger partial charge in [0.2, 0.25) is 0 Å². The molecule has 0 saturated heterocycles. The van der Waals surface area contributed by atoms with Crippen LogP contribution in [0.2, 0.25) is 0 Å². The van der Waals surface area contributed by atoms with E-state index in [-0.39, 0.29) is 11.4 Å². The molecule has 0 radical (unpaired) electrons. The van der Waals surface area contributed by atoms with Gasteiger partial charge in [0.05, 0.1) is 17.0 Å². The highest BCUT2D eigenvalue weighted by Crippen LogP contribution is 2.39. The zero-order valence-corrected chi connectivity index (χ0v) is 15.6. The van der Waals surface area contributed by atoms with Crippen LogP contribution in [0.15, 0.2) is 60.0 Å². The van der Waals surface area contributed by atoms with Crippen LogP contribution in [0.5, 0.6) is 0 Å². The van der Waals surface area contributed by atoms with Crippen LogP contribution >= 0.6 is 0 Å². The Bertz CT molecular complexity index is 1110. The van der Waals surface area contributed by atoms with Gasteiger partial charge in [-0.1, -0.05) is 41.8 Å². The minimum absolute atomic E-state index is 0.0631. The number of hydrogen-bond donors (Lipinski definition) is 2. The van der Waals surface area contributed by atoms with Gasteiger partial charge in [-0.25, -0.2) is 0 Å². The lowest BCUT2D eigenvalue weighted by Crippen LogP contribution is -2.43. The number of amides is 1. The smallest absolute Gasteiger partial charge is 0.253 e. The molecular formula is C24H21N3O. The van der Waals surface area contributed by atoms with Crippen LogP contribution in [-0.2, 0) is 12.0 Å². The predicted octanol–water partition coefficient (Wildman–Crippen LogP) is 3.64. The first-order valence-corrected chi connectivity index (χ1v) is 9.75. The molecular weight excluding hydrogens is 346 g/mol. The summed E-state index contributed by atoms with van der Waals surface area (Å²) in [4.78, 5) is 17.2. The summed E-state index contributed by atoms with van der Waals surface area (Å²) >= 11 is 0. The third kappa shape index (κ3) is 2.76. The molecule has 3 aliphatic rings. The van der Waals surface area contributed by atoms with Crippen LogP contribution in [0.1, 0.15) is 46.4 Å². The fourth-order valence-electron chi connectivity index (χ4n) is 4.07. The Balaban J connectivity index is 1.65. The number of carbonyl (C=O) groups is 1. The van der Waals surface area contributed by atoms with Crippen LogP contribution in [0.25, 0.3) is 16.8 Å². The van der Waals surface area contributed by atoms with Gasteiger partial charge in [0.25, 0.3) is 5.91 Å². The molecule has 138 valence electrons. The molecule has 0 atom stereocenters. The minimum Gasteiger partial charge on any atom is -0.352 e. The Labute approximate surface area is 164 Å². The van der Waals surface area contributed by atoms with Crippen molar-refractivity contribution in [2.45, 2.75) is 31.2 Å². The van der Waals surface area contributed by atoms with Crippen LogP contribution in [-0.4, -0.2) is 17.4 Å². The van der Waals surface area contributed by atoms with Crippen molar-refractivity contribution >= 4 is 11.5 Å². The Morgan fingerprint density at radius 3 is 2.64 bits per heavy atom. The van der Waals surface area contributed by atoms with E-state index >= 15 is 0 Å². The zero-order valence-electron chi connectivity index (χ0n) is 15.6. The number of rotatable bonds is 3. The molecule has 0 spiro atoms. The maximum atomic E-state index is 12.3. The number of carbonyl (C=O) groups excluding carboxylic acids is 1. The Morgan fingerprint density at radius 2 is 1.96 bits per heavy atom. The number of fused-ring (bicyclic) bond motifs is 1. The summed E-state index contributed by atoms with van der Waals surface area (Å²) in [5, 5.41) is 2.90. The largest absolute Gasteiger partial charge is 0.352 e. The van der Waals surface area contributed by atoms with Gasteiger partial charge in [-0.15, -0.1) is 0 Å². The first kappa shape index (κ1) is 17.0. The number of aromatic nitrogens is 1. The van der Waals surface area contributed by atoms with E-state index in [9.17, 15) is 4.79 Å². The van der Waals surface area contributed by atoms with Gasteiger partial charge in [-0.2, -0.15) is 0 Å². The zero-order chi connectivity index (χ0) is 19.1. The normalized spacial score (nSPS) is 18.9. The number of benzene rings is 1. The van der Waals surface area contributed by atoms with Gasteiger partial charge in [-0.3, -0.25) is 9.78 Å². The lowest BCUT2D eigenvalue weighted by molar-refractivity contribution is 0.0945. The molecule has 1 aliphatic heterocycles. The second-order valence-corrected chi connectivity index (χ2v) is 7.68. The molecule has 1 aromatic carbocycles. The second kappa shape index (κ2) is 6.47. The van der Waals surface area contributed by atoms with Crippen molar-refractivity contribution < 1.29 is 4.79 Å². The van der Waals surface area contributed by atoms with Gasteiger partial charge in [-0.05, 0) is 43.0 Å². The fourth-order valence-corrected chi connectivity index (χ4v) is 4.07. The van der Waals surface area contributed by atoms with E-state index in [0.29, 0.717) is 12.1 Å². The van der Waals surface area contributed by atoms with Crippen molar-refractivity contribution in [1.29, 1.82) is 0 Å². The molecule has 4 nitrogen and oxygen atoms in total. The average molecular weight is 367 g/mol. The number of allylic oxidation sites excluding steroid dienone is 4. The van der Waals surface area contributed by atoms with E-state index < -0.39 is 0 Å². The SMILES string of the molecule is NC1(c2ccc(-c3nc4c(cc3C3=C=C=CC=C3)C(=O)NCC4)cc2)CCC1. The van der Waals surface area contributed by atoms with Crippen molar-refractivity contribution in [1.82, 2.24) is 10.3 Å². The van der Waals surface area contributed by atoms with E-state index in [1.165, 1.54) is 12.0 Å². The molecule has 28 heavy (non-hydrogen) atoms. The fraction of sp³-hybridized carbons (Fsp3) is 0.250. The van der Waals surface area contributed by atoms with Gasteiger partial charge in [0.1, 0.15) is 0 Å². The second-order valence-electron chi connectivity index (χ2n) is 7.68. The lowest BCUT2D eigenvalue weighted by atomic mass is 9.72. The number of pyridine rings is 1. The van der Waals surface area contributed by atoms with E-state index in [2.05, 4.69) is 41.0 Å². The standard InChI is InChI=1S/C24H21N3O/c25-24(12-4-13-24)18-9-7-17(8-10-18)22-19(16-5-2-1-3-6-16)15-20-21(27-22)11-14-26-23(20)28/h1-2,5,7-10,15H,4,11-14,25H2,(H,26,28). The first-order chi connectivity index (χ1) is 13.6. The monoisotopic (exact) mass is 367 g/mol. The number of nitrogens with zero attached hydrogens (tertiary/aromatic N) is 1. The van der Waals surface area contributed by atoms with Crippen LogP contribution in [0.4, 0.5) is 0 Å². The highest BCUT2D eigenvalue weighted by atomic mass is 16.1. The summed E-state index contributed by atoms with van der Waals surface area (Å²) in [5.41, 5.74) is 18.8. The summed E-state index contributed by atoms with van der Waals surface area (Å²) in [6.07, 6.45) is 9.72. The molecule has 1 saturated carbocycles. The molecule has 1 aromatic heterocycles. The molecule has 2 aliphatic carbocycles. The summed E-state index contributed by atoms with van der Waals surface area (Å²) in [5.74, 6) is -0.0631. The number of nitrogens with two attached hydrogens (primary N) is 1. The third-order valence-corrected chi connectivity index (χ3v) is 5.91. The maximum absolute atomic E-state index is 12.3. The molecule has 2 aromatic rings. The quantitative estimate of drug-likeness (QED) is 0.814. The summed E-state index contributed by atoms with van der Waals surface area (Å²) in [6, 6.07) is 10.4. The highest BCUT2D eigenvalue weighted by Gasteiger charge is 2.34. The van der Waals surface area contributed by atoms with Crippen molar-refractivity contribution in [2.24, 2.45) is 5.73 Å². The van der Waals surface area contributed by atoms with Crippen molar-refractivity contribution in [3.8, 4) is 11.3 Å². The number of hydrogen-bond acceptors (Lipinski definition) is 3. The average Bonchev–Trinajstić information content (AvgIpc) is 2.72. The molecule has 1 fully saturated rings. The van der Waals surface area contributed by atoms with Crippen molar-refractivity contribution in [3.05, 3.63) is 82.4 Å². The molecule has 1 amide bonds. The van der Waals surface area contributed by atoms with Gasteiger partial charge < -0.3 is 11.1 Å². The third-order valence-electron chi connectivity index (χ3n) is 5.91. The van der Waals surface area contributed by atoms with Crippen molar-refractivity contribution in [3.63, 3.8) is 0 Å². The summed E-state index contributed by atoms with van der Waals surface area (Å²) in [6.45, 7) is 0.623. The van der Waals surface area contributed by atoms with Crippen LogP contribution in [0.3, 0.4) is 0 Å². The molecule has 0 bridgehead atoms. The Hall–Kier alpha value is -3.16. The molecule has 3 N–H and O–H groups in total. The molecule has 5 rings (SSSR count). The minimum atomic E-state index is -0.176. The predicted molar refractivity (Wildman–Crippen MR) is 110 cm³/mol. The Morgan fingerprint density at radius 1 is 1.14 bits per heavy atom. The van der Waals surface area contributed by atoms with Gasteiger partial charge in [0, 0.05) is 35.2 Å². The first-order valence-electron chi connectivity index (χ1n) is 9.75. The molecule has 2 heterocycles. The highest BCUT2D eigenvalue weighted by molar-refractivity contribution is 5.98. The van der Waals surface area contributed by atoms with E-state index in [1.807, 2.05) is 24.3 Å². The molecule has 4 heteroatoms. The Kier molecular flexibility index (Phi) is 3.92. The van der Waals surface area contributed by atoms with Gasteiger partial charge in [0.15, 0.2) is 0 Å². The molecule has 0 unspecified atom stereocenters. The van der Waals surface area contributed by atoms with Crippen LogP contribution in [0, 0.1) is 0 Å². The van der Waals surface area contributed by atoms with E-state index in [1.54, 1.807) is 0 Å². The van der Waals surface area contributed by atoms with Crippen LogP contribution < -0.4 is 11.1 Å². The summed E-state index contributed by atoms with van der Waals surface area (Å²) in [7, 11) is 0. The number of nitrogens with one attached hydrogen (secondary N) is 1. The summed E-state index contributed by atoms with van der Waals surface area (Å²) < 4.78 is 0. The van der Waals surface area contributed by atoms with E-state index in [4.69, 9.17) is 10.7 Å². The van der Waals surface area contributed by atoms with E-state index in [0.717, 1.165) is 47.4 Å². The topological polar surface area (TPSA) is 68.0 Å². The maximum Gasteiger partial charge on any atom is 0.253 e. The lowest BCUT2D eigenvalue weighted by Gasteiger charge is -2.38. The van der Waals surface area contributed by atoms with Crippen molar-refractivity contribution in [2.75, 3.05) is 6.54 Å².